The van der Waals surface area contributed by atoms with Gasteiger partial charge in [-0.05, 0) is 31.0 Å². The van der Waals surface area contributed by atoms with Gasteiger partial charge in [0.1, 0.15) is 5.75 Å². The van der Waals surface area contributed by atoms with E-state index in [-0.39, 0.29) is 24.5 Å². The molecule has 1 fully saturated rings. The summed E-state index contributed by atoms with van der Waals surface area (Å²) in [4.78, 5) is 11.6. The van der Waals surface area contributed by atoms with Crippen molar-refractivity contribution < 1.29 is 14.6 Å². The Hall–Kier alpha value is -1.07. The van der Waals surface area contributed by atoms with E-state index in [1.165, 1.54) is 0 Å². The van der Waals surface area contributed by atoms with Crippen molar-refractivity contribution in [3.8, 4) is 5.75 Å². The first kappa shape index (κ1) is 13.4. The third-order valence-corrected chi connectivity index (χ3v) is 3.61. The minimum atomic E-state index is -0.158. The monoisotopic (exact) mass is 313 g/mol. The predicted octanol–water partition coefficient (Wildman–Crippen LogP) is 1.72. The molecule has 0 spiro atoms. The van der Waals surface area contributed by atoms with Gasteiger partial charge in [-0.2, -0.15) is 0 Å². The Labute approximate surface area is 114 Å². The quantitative estimate of drug-likeness (QED) is 0.840. The number of rotatable bonds is 6. The molecule has 0 bridgehead atoms. The highest BCUT2D eigenvalue weighted by molar-refractivity contribution is 9.10. The van der Waals surface area contributed by atoms with Crippen LogP contribution in [0.3, 0.4) is 0 Å². The lowest BCUT2D eigenvalue weighted by molar-refractivity contribution is -0.123. The molecule has 18 heavy (non-hydrogen) atoms. The van der Waals surface area contributed by atoms with Crippen molar-refractivity contribution in [1.29, 1.82) is 0 Å². The highest BCUT2D eigenvalue weighted by Gasteiger charge is 2.42. The van der Waals surface area contributed by atoms with Crippen molar-refractivity contribution in [3.63, 3.8) is 0 Å². The van der Waals surface area contributed by atoms with Crippen LogP contribution in [0.1, 0.15) is 12.8 Å². The molecule has 0 unspecified atom stereocenters. The van der Waals surface area contributed by atoms with Crippen LogP contribution in [0.5, 0.6) is 5.75 Å². The molecule has 1 aliphatic rings. The van der Waals surface area contributed by atoms with E-state index in [0.29, 0.717) is 12.3 Å². The van der Waals surface area contributed by atoms with E-state index in [9.17, 15) is 4.79 Å². The van der Waals surface area contributed by atoms with Gasteiger partial charge in [0.25, 0.3) is 5.91 Å². The first-order chi connectivity index (χ1) is 8.63. The SMILES string of the molecule is O=C(COc1cccc(Br)c1)NCC1(CO)CC1. The molecule has 98 valence electrons. The second-order valence-corrected chi connectivity index (χ2v) is 5.60. The fraction of sp³-hybridized carbons (Fsp3) is 0.462. The largest absolute Gasteiger partial charge is 0.484 e. The second-order valence-electron chi connectivity index (χ2n) is 4.68. The molecule has 1 aliphatic carbocycles. The fourth-order valence-electron chi connectivity index (χ4n) is 1.61. The first-order valence-corrected chi connectivity index (χ1v) is 6.69. The third kappa shape index (κ3) is 3.71. The lowest BCUT2D eigenvalue weighted by atomic mass is 10.1. The number of nitrogens with one attached hydrogen (secondary N) is 1. The second kappa shape index (κ2) is 5.71. The lowest BCUT2D eigenvalue weighted by Crippen LogP contribution is -2.35. The van der Waals surface area contributed by atoms with Gasteiger partial charge in [-0.3, -0.25) is 4.79 Å². The third-order valence-electron chi connectivity index (χ3n) is 3.12. The van der Waals surface area contributed by atoms with Crippen LogP contribution in [0.25, 0.3) is 0 Å². The summed E-state index contributed by atoms with van der Waals surface area (Å²) >= 11 is 3.34. The van der Waals surface area contributed by atoms with E-state index < -0.39 is 0 Å². The number of hydrogen-bond acceptors (Lipinski definition) is 3. The van der Waals surface area contributed by atoms with Crippen LogP contribution in [0.2, 0.25) is 0 Å². The standard InChI is InChI=1S/C13H16BrNO3/c14-10-2-1-3-11(6-10)18-7-12(17)15-8-13(9-16)4-5-13/h1-3,6,16H,4-5,7-9H2,(H,15,17). The highest BCUT2D eigenvalue weighted by atomic mass is 79.9. The van der Waals surface area contributed by atoms with Crippen LogP contribution >= 0.6 is 15.9 Å². The number of carbonyl (C=O) groups excluding carboxylic acids is 1. The van der Waals surface area contributed by atoms with Gasteiger partial charge in [-0.1, -0.05) is 22.0 Å². The smallest absolute Gasteiger partial charge is 0.257 e. The molecule has 5 heteroatoms. The van der Waals surface area contributed by atoms with E-state index in [0.717, 1.165) is 17.3 Å². The van der Waals surface area contributed by atoms with E-state index in [1.54, 1.807) is 6.07 Å². The van der Waals surface area contributed by atoms with Crippen LogP contribution in [-0.2, 0) is 4.79 Å². The number of amides is 1. The van der Waals surface area contributed by atoms with Crippen LogP contribution < -0.4 is 10.1 Å². The predicted molar refractivity (Wildman–Crippen MR) is 71.4 cm³/mol. The Morgan fingerprint density at radius 2 is 2.28 bits per heavy atom. The molecule has 1 aromatic rings. The molecule has 0 aliphatic heterocycles. The number of aliphatic hydroxyl groups excluding tert-OH is 1. The zero-order valence-electron chi connectivity index (χ0n) is 9.99. The van der Waals surface area contributed by atoms with Crippen molar-refractivity contribution in [2.24, 2.45) is 5.41 Å². The molecule has 1 saturated carbocycles. The maximum Gasteiger partial charge on any atom is 0.257 e. The molecule has 0 aromatic heterocycles. The van der Waals surface area contributed by atoms with Crippen molar-refractivity contribution >= 4 is 21.8 Å². The lowest BCUT2D eigenvalue weighted by Gasteiger charge is -2.13. The molecule has 2 N–H and O–H groups in total. The molecule has 1 amide bonds. The van der Waals surface area contributed by atoms with Gasteiger partial charge in [-0.25, -0.2) is 0 Å². The zero-order chi connectivity index (χ0) is 13.0. The number of aliphatic hydroxyl groups is 1. The first-order valence-electron chi connectivity index (χ1n) is 5.89. The topological polar surface area (TPSA) is 58.6 Å². The molecule has 0 radical (unpaired) electrons. The Bertz CT molecular complexity index is 432. The summed E-state index contributed by atoms with van der Waals surface area (Å²) in [5.41, 5.74) is -0.0641. The van der Waals surface area contributed by atoms with E-state index in [2.05, 4.69) is 21.2 Å². The molecule has 0 atom stereocenters. The van der Waals surface area contributed by atoms with Crippen molar-refractivity contribution in [1.82, 2.24) is 5.32 Å². The minimum Gasteiger partial charge on any atom is -0.484 e. The van der Waals surface area contributed by atoms with Crippen LogP contribution in [0.15, 0.2) is 28.7 Å². The van der Waals surface area contributed by atoms with E-state index in [1.807, 2.05) is 18.2 Å². The van der Waals surface area contributed by atoms with Gasteiger partial charge >= 0.3 is 0 Å². The fourth-order valence-corrected chi connectivity index (χ4v) is 1.99. The number of hydrogen-bond donors (Lipinski definition) is 2. The van der Waals surface area contributed by atoms with Gasteiger partial charge in [0.15, 0.2) is 6.61 Å². The Morgan fingerprint density at radius 3 is 2.89 bits per heavy atom. The van der Waals surface area contributed by atoms with Gasteiger partial charge < -0.3 is 15.2 Å². The van der Waals surface area contributed by atoms with Gasteiger partial charge in [0, 0.05) is 16.4 Å². The zero-order valence-corrected chi connectivity index (χ0v) is 11.6. The molecule has 4 nitrogen and oxygen atoms in total. The summed E-state index contributed by atoms with van der Waals surface area (Å²) in [5, 5.41) is 11.9. The number of benzene rings is 1. The Morgan fingerprint density at radius 1 is 1.50 bits per heavy atom. The maximum absolute atomic E-state index is 11.6. The summed E-state index contributed by atoms with van der Waals surface area (Å²) in [7, 11) is 0. The summed E-state index contributed by atoms with van der Waals surface area (Å²) in [6.07, 6.45) is 1.96. The van der Waals surface area contributed by atoms with Gasteiger partial charge in [0.05, 0.1) is 6.61 Å². The van der Waals surface area contributed by atoms with Crippen molar-refractivity contribution in [2.45, 2.75) is 12.8 Å². The van der Waals surface area contributed by atoms with Gasteiger partial charge in [0.2, 0.25) is 0 Å². The van der Waals surface area contributed by atoms with Crippen molar-refractivity contribution in [2.75, 3.05) is 19.8 Å². The summed E-state index contributed by atoms with van der Waals surface area (Å²) in [5.74, 6) is 0.498. The normalized spacial score (nSPS) is 16.1. The number of halogens is 1. The number of carbonyl (C=O) groups is 1. The summed E-state index contributed by atoms with van der Waals surface area (Å²) < 4.78 is 6.28. The van der Waals surface area contributed by atoms with E-state index in [4.69, 9.17) is 9.84 Å². The van der Waals surface area contributed by atoms with Gasteiger partial charge in [-0.15, -0.1) is 0 Å². The average Bonchev–Trinajstić information content (AvgIpc) is 3.15. The highest BCUT2D eigenvalue weighted by Crippen LogP contribution is 2.44. The van der Waals surface area contributed by atoms with Crippen molar-refractivity contribution in [3.05, 3.63) is 28.7 Å². The summed E-state index contributed by atoms with van der Waals surface area (Å²) in [6.45, 7) is 0.669. The molecule has 0 saturated heterocycles. The minimum absolute atomic E-state index is 0.00202. The van der Waals surface area contributed by atoms with Crippen LogP contribution in [0, 0.1) is 5.41 Å². The van der Waals surface area contributed by atoms with E-state index >= 15 is 0 Å². The number of ether oxygens (including phenoxy) is 1. The summed E-state index contributed by atoms with van der Waals surface area (Å²) in [6, 6.07) is 7.35. The molecule has 2 rings (SSSR count). The van der Waals surface area contributed by atoms with Crippen LogP contribution in [0.4, 0.5) is 0 Å². The Balaban J connectivity index is 1.72. The Kier molecular flexibility index (Phi) is 4.24. The molecular formula is C13H16BrNO3. The average molecular weight is 314 g/mol. The van der Waals surface area contributed by atoms with Crippen LogP contribution in [-0.4, -0.2) is 30.8 Å². The molecular weight excluding hydrogens is 298 g/mol. The molecule has 1 aromatic carbocycles. The molecule has 0 heterocycles. The maximum atomic E-state index is 11.6.